The van der Waals surface area contributed by atoms with Gasteiger partial charge in [-0.15, -0.1) is 0 Å². The molecule has 0 radical (unpaired) electrons. The molecule has 12 rings (SSSR count). The molecule has 1 spiro atoms. The van der Waals surface area contributed by atoms with E-state index in [4.69, 9.17) is 0 Å². The maximum absolute atomic E-state index is 2.52. The maximum Gasteiger partial charge on any atom is 0.0726 e. The van der Waals surface area contributed by atoms with Crippen LogP contribution >= 0.6 is 0 Å². The van der Waals surface area contributed by atoms with E-state index in [1.54, 1.807) is 0 Å². The molecule has 0 aliphatic heterocycles. The van der Waals surface area contributed by atoms with Crippen LogP contribution in [0.3, 0.4) is 0 Å². The van der Waals surface area contributed by atoms with E-state index in [0.29, 0.717) is 0 Å². The Morgan fingerprint density at radius 1 is 0.305 bits per heavy atom. The first-order valence-electron chi connectivity index (χ1n) is 20.8. The summed E-state index contributed by atoms with van der Waals surface area (Å²) in [6, 6.07) is 79.2. The van der Waals surface area contributed by atoms with Crippen molar-refractivity contribution in [2.45, 2.75) is 24.7 Å². The molecule has 1 atom stereocenters. The normalized spacial score (nSPS) is 15.8. The van der Waals surface area contributed by atoms with Crippen LogP contribution in [0.4, 0.5) is 17.1 Å². The molecule has 1 unspecified atom stereocenters. The molecule has 0 amide bonds. The lowest BCUT2D eigenvalue weighted by molar-refractivity contribution is 0.660. The van der Waals surface area contributed by atoms with Crippen molar-refractivity contribution in [2.75, 3.05) is 4.90 Å². The first kappa shape index (κ1) is 33.9. The summed E-state index contributed by atoms with van der Waals surface area (Å²) in [6.07, 6.45) is 0. The van der Waals surface area contributed by atoms with Gasteiger partial charge in [0.25, 0.3) is 0 Å². The van der Waals surface area contributed by atoms with Gasteiger partial charge in [-0.2, -0.15) is 0 Å². The Morgan fingerprint density at radius 2 is 0.797 bits per heavy atom. The molecule has 0 bridgehead atoms. The van der Waals surface area contributed by atoms with E-state index in [9.17, 15) is 0 Å². The van der Waals surface area contributed by atoms with Gasteiger partial charge in [0.05, 0.1) is 11.1 Å². The van der Waals surface area contributed by atoms with Gasteiger partial charge in [0.15, 0.2) is 0 Å². The Labute approximate surface area is 346 Å². The molecule has 0 aromatic heterocycles. The second-order valence-electron chi connectivity index (χ2n) is 16.8. The Hall–Kier alpha value is -7.22. The number of benzene rings is 9. The van der Waals surface area contributed by atoms with Crippen molar-refractivity contribution >= 4 is 17.1 Å². The van der Waals surface area contributed by atoms with Gasteiger partial charge in [-0.05, 0) is 120 Å². The molecule has 0 N–H and O–H groups in total. The first-order valence-corrected chi connectivity index (χ1v) is 20.8. The van der Waals surface area contributed by atoms with Crippen LogP contribution in [0.1, 0.15) is 47.2 Å². The molecule has 0 saturated heterocycles. The van der Waals surface area contributed by atoms with Crippen molar-refractivity contribution in [3.63, 3.8) is 0 Å². The molecule has 1 heteroatoms. The van der Waals surface area contributed by atoms with Crippen LogP contribution < -0.4 is 4.90 Å². The molecule has 3 aliphatic rings. The van der Waals surface area contributed by atoms with Gasteiger partial charge >= 0.3 is 0 Å². The predicted octanol–water partition coefficient (Wildman–Crippen LogP) is 15.1. The van der Waals surface area contributed by atoms with Crippen molar-refractivity contribution in [3.8, 4) is 55.6 Å². The minimum absolute atomic E-state index is 0.129. The SMILES string of the molecule is CC1(C)c2ccccc2-c2ccc(N(c3ccc(-c4ccccc4)cc3)c3cccc4c3-c3ccccc3C43c4ccccc4-c4cc(-c5ccccc5)ccc43)cc21. The minimum atomic E-state index is -0.465. The van der Waals surface area contributed by atoms with Crippen molar-refractivity contribution in [2.24, 2.45) is 0 Å². The average molecular weight is 752 g/mol. The Kier molecular flexibility index (Phi) is 7.26. The number of hydrogen-bond donors (Lipinski definition) is 0. The predicted molar refractivity (Wildman–Crippen MR) is 246 cm³/mol. The molecule has 0 heterocycles. The number of anilines is 3. The van der Waals surface area contributed by atoms with Gasteiger partial charge in [-0.25, -0.2) is 0 Å². The lowest BCUT2D eigenvalue weighted by Gasteiger charge is -2.32. The molecule has 59 heavy (non-hydrogen) atoms. The summed E-state index contributed by atoms with van der Waals surface area (Å²) in [5.41, 5.74) is 23.7. The fraction of sp³-hybridized carbons (Fsp3) is 0.0690. The van der Waals surface area contributed by atoms with Crippen molar-refractivity contribution in [1.29, 1.82) is 0 Å². The van der Waals surface area contributed by atoms with E-state index >= 15 is 0 Å². The summed E-state index contributed by atoms with van der Waals surface area (Å²) in [5, 5.41) is 0. The fourth-order valence-corrected chi connectivity index (χ4v) is 10.9. The number of fused-ring (bicyclic) bond motifs is 13. The fourth-order valence-electron chi connectivity index (χ4n) is 10.9. The topological polar surface area (TPSA) is 3.24 Å². The number of rotatable bonds is 5. The average Bonchev–Trinajstić information content (AvgIpc) is 3.86. The Bertz CT molecular complexity index is 3120. The van der Waals surface area contributed by atoms with Gasteiger partial charge in [-0.3, -0.25) is 0 Å². The van der Waals surface area contributed by atoms with Crippen molar-refractivity contribution < 1.29 is 0 Å². The molecule has 0 fully saturated rings. The first-order chi connectivity index (χ1) is 29.0. The lowest BCUT2D eigenvalue weighted by Crippen LogP contribution is -2.26. The standard InChI is InChI=1S/C58H41N/c1-57(2)49-23-12-9-20-44(49)46-34-33-43(37-54(46)57)59(42-31-28-40(29-32-42)38-16-5-3-6-17-38)55-27-15-26-53-56(55)47-22-11-14-25-51(47)58(53)50-24-13-10-21-45(50)48-36-41(30-35-52(48)58)39-18-7-4-8-19-39/h3-37H,1-2H3. The summed E-state index contributed by atoms with van der Waals surface area (Å²) in [4.78, 5) is 2.52. The summed E-state index contributed by atoms with van der Waals surface area (Å²) in [5.74, 6) is 0. The van der Waals surface area contributed by atoms with Crippen LogP contribution in [0.25, 0.3) is 55.6 Å². The van der Waals surface area contributed by atoms with Crippen LogP contribution in [0.2, 0.25) is 0 Å². The third-order valence-electron chi connectivity index (χ3n) is 13.5. The quantitative estimate of drug-likeness (QED) is 0.169. The smallest absolute Gasteiger partial charge is 0.0726 e. The van der Waals surface area contributed by atoms with Gasteiger partial charge in [0.2, 0.25) is 0 Å². The second kappa shape index (κ2) is 12.6. The maximum atomic E-state index is 2.52. The van der Waals surface area contributed by atoms with Crippen molar-refractivity contribution in [3.05, 3.63) is 246 Å². The highest BCUT2D eigenvalue weighted by Gasteiger charge is 2.52. The lowest BCUT2D eigenvalue weighted by atomic mass is 9.70. The van der Waals surface area contributed by atoms with Crippen LogP contribution in [-0.2, 0) is 10.8 Å². The molecular formula is C58H41N. The zero-order chi connectivity index (χ0) is 39.3. The molecule has 3 aliphatic carbocycles. The third-order valence-corrected chi connectivity index (χ3v) is 13.5. The summed E-state index contributed by atoms with van der Waals surface area (Å²) >= 11 is 0. The van der Waals surface area contributed by atoms with E-state index in [1.165, 1.54) is 94.7 Å². The molecule has 9 aromatic carbocycles. The zero-order valence-electron chi connectivity index (χ0n) is 33.2. The summed E-state index contributed by atoms with van der Waals surface area (Å²) in [7, 11) is 0. The van der Waals surface area contributed by atoms with Gasteiger partial charge < -0.3 is 4.90 Å². The summed E-state index contributed by atoms with van der Waals surface area (Å²) < 4.78 is 0. The molecule has 278 valence electrons. The van der Waals surface area contributed by atoms with E-state index in [0.717, 1.165) is 11.4 Å². The van der Waals surface area contributed by atoms with Crippen LogP contribution in [0, 0.1) is 0 Å². The van der Waals surface area contributed by atoms with Crippen LogP contribution in [0.15, 0.2) is 212 Å². The highest BCUT2D eigenvalue weighted by atomic mass is 15.1. The highest BCUT2D eigenvalue weighted by molar-refractivity contribution is 6.02. The van der Waals surface area contributed by atoms with Gasteiger partial charge in [0.1, 0.15) is 0 Å². The summed E-state index contributed by atoms with van der Waals surface area (Å²) in [6.45, 7) is 4.75. The highest BCUT2D eigenvalue weighted by Crippen LogP contribution is 2.65. The molecular weight excluding hydrogens is 711 g/mol. The number of nitrogens with zero attached hydrogens (tertiary/aromatic N) is 1. The van der Waals surface area contributed by atoms with Crippen LogP contribution in [-0.4, -0.2) is 0 Å². The third kappa shape index (κ3) is 4.73. The van der Waals surface area contributed by atoms with Gasteiger partial charge in [0, 0.05) is 22.4 Å². The monoisotopic (exact) mass is 751 g/mol. The molecule has 1 nitrogen and oxygen atoms in total. The minimum Gasteiger partial charge on any atom is -0.310 e. The Balaban J connectivity index is 1.11. The van der Waals surface area contributed by atoms with Crippen LogP contribution in [0.5, 0.6) is 0 Å². The van der Waals surface area contributed by atoms with Gasteiger partial charge in [-0.1, -0.05) is 190 Å². The zero-order valence-corrected chi connectivity index (χ0v) is 33.2. The van der Waals surface area contributed by atoms with E-state index in [-0.39, 0.29) is 5.41 Å². The van der Waals surface area contributed by atoms with Crippen molar-refractivity contribution in [1.82, 2.24) is 0 Å². The second-order valence-corrected chi connectivity index (χ2v) is 16.8. The van der Waals surface area contributed by atoms with E-state index in [1.807, 2.05) is 0 Å². The van der Waals surface area contributed by atoms with E-state index in [2.05, 4.69) is 231 Å². The molecule has 9 aromatic rings. The van der Waals surface area contributed by atoms with E-state index < -0.39 is 5.41 Å². The number of hydrogen-bond acceptors (Lipinski definition) is 1. The largest absolute Gasteiger partial charge is 0.310 e. The molecule has 0 saturated carbocycles. The Morgan fingerprint density at radius 3 is 1.51 bits per heavy atom.